The number of amides is 1. The summed E-state index contributed by atoms with van der Waals surface area (Å²) in [7, 11) is 0. The van der Waals surface area contributed by atoms with Gasteiger partial charge in [-0.25, -0.2) is 0 Å². The average Bonchev–Trinajstić information content (AvgIpc) is 3.39. The van der Waals surface area contributed by atoms with Crippen LogP contribution < -0.4 is 5.32 Å². The van der Waals surface area contributed by atoms with Crippen LogP contribution in [-0.4, -0.2) is 110 Å². The van der Waals surface area contributed by atoms with E-state index in [-0.39, 0.29) is 12.8 Å². The number of aliphatic hydroxyl groups excluding tert-OH is 7. The Morgan fingerprint density at radius 1 is 0.479 bits per heavy atom. The largest absolute Gasteiger partial charge is 0.394 e. The molecule has 9 unspecified atom stereocenters. The fourth-order valence-corrected chi connectivity index (χ4v) is 9.89. The molecule has 0 aromatic heterocycles. The summed E-state index contributed by atoms with van der Waals surface area (Å²) in [6.45, 7) is 3.47. The summed E-state index contributed by atoms with van der Waals surface area (Å²) in [4.78, 5) is 13.2. The highest BCUT2D eigenvalue weighted by molar-refractivity contribution is 5.80. The number of nitrogens with one attached hydrogen (secondary N) is 1. The Kier molecular flexibility index (Phi) is 48.5. The van der Waals surface area contributed by atoms with Gasteiger partial charge in [-0.3, -0.25) is 4.79 Å². The van der Waals surface area contributed by atoms with Crippen LogP contribution in [0.25, 0.3) is 0 Å². The van der Waals surface area contributed by atoms with E-state index in [4.69, 9.17) is 9.47 Å². The lowest BCUT2D eigenvalue weighted by Crippen LogP contribution is -2.60. The molecule has 11 nitrogen and oxygen atoms in total. The van der Waals surface area contributed by atoms with Gasteiger partial charge in [-0.1, -0.05) is 249 Å². The van der Waals surface area contributed by atoms with Crippen LogP contribution in [0.5, 0.6) is 0 Å². The van der Waals surface area contributed by atoms with Crippen LogP contribution in [0.2, 0.25) is 0 Å². The van der Waals surface area contributed by atoms with Gasteiger partial charge in [0.1, 0.15) is 36.6 Å². The van der Waals surface area contributed by atoms with Crippen molar-refractivity contribution in [2.75, 3.05) is 13.2 Å². The Labute approximate surface area is 447 Å². The minimum Gasteiger partial charge on any atom is -0.394 e. The Morgan fingerprint density at radius 3 is 1.26 bits per heavy atom. The van der Waals surface area contributed by atoms with Gasteiger partial charge in [-0.05, 0) is 70.6 Å². The van der Waals surface area contributed by atoms with Gasteiger partial charge in [0.2, 0.25) is 5.91 Å². The molecular formula is C62H117NO10. The quantitative estimate of drug-likeness (QED) is 0.0215. The van der Waals surface area contributed by atoms with Crippen LogP contribution in [0.3, 0.4) is 0 Å². The van der Waals surface area contributed by atoms with Gasteiger partial charge in [0.15, 0.2) is 6.29 Å². The van der Waals surface area contributed by atoms with Crippen molar-refractivity contribution >= 4 is 5.91 Å². The predicted octanol–water partition coefficient (Wildman–Crippen LogP) is 13.5. The number of rotatable bonds is 53. The van der Waals surface area contributed by atoms with Crippen LogP contribution in [0, 0.1) is 0 Å². The summed E-state index contributed by atoms with van der Waals surface area (Å²) < 4.78 is 11.1. The molecular weight excluding hydrogens is 919 g/mol. The predicted molar refractivity (Wildman–Crippen MR) is 302 cm³/mol. The van der Waals surface area contributed by atoms with Crippen molar-refractivity contribution in [2.45, 2.75) is 339 Å². The summed E-state index contributed by atoms with van der Waals surface area (Å²) in [6.07, 6.45) is 52.0. The van der Waals surface area contributed by atoms with E-state index in [9.17, 15) is 40.5 Å². The first-order valence-electron chi connectivity index (χ1n) is 30.9. The highest BCUT2D eigenvalue weighted by Gasteiger charge is 2.44. The summed E-state index contributed by atoms with van der Waals surface area (Å²) in [5, 5.41) is 76.2. The summed E-state index contributed by atoms with van der Waals surface area (Å²) >= 11 is 0. The third kappa shape index (κ3) is 39.4. The van der Waals surface area contributed by atoms with E-state index in [1.807, 2.05) is 0 Å². The fourth-order valence-electron chi connectivity index (χ4n) is 9.89. The van der Waals surface area contributed by atoms with Crippen LogP contribution in [0.15, 0.2) is 36.5 Å². The first-order chi connectivity index (χ1) is 35.7. The molecule has 1 fully saturated rings. The maximum atomic E-state index is 13.2. The molecule has 9 atom stereocenters. The molecule has 0 bridgehead atoms. The Hall–Kier alpha value is -1.67. The van der Waals surface area contributed by atoms with Crippen molar-refractivity contribution in [2.24, 2.45) is 0 Å². The molecule has 0 saturated carbocycles. The molecule has 1 aliphatic heterocycles. The molecule has 0 aromatic rings. The zero-order chi connectivity index (χ0) is 53.3. The van der Waals surface area contributed by atoms with Gasteiger partial charge >= 0.3 is 0 Å². The molecule has 1 saturated heterocycles. The number of hydrogen-bond acceptors (Lipinski definition) is 10. The van der Waals surface area contributed by atoms with Crippen LogP contribution in [0.1, 0.15) is 284 Å². The van der Waals surface area contributed by atoms with E-state index in [0.29, 0.717) is 12.8 Å². The molecule has 0 aromatic carbocycles. The standard InChI is InChI=1S/C62H117NO10/c1-3-5-7-9-11-13-15-17-19-21-23-25-27-28-30-31-33-35-37-39-41-43-45-47-49-54(65)57(67)53(52-72-62-60(70)59(69)58(68)56(51-64)73-62)63-61(71)55(66)50-48-46-44-42-40-38-36-34-32-29-26-24-22-20-18-16-14-12-10-8-6-4-2/h24,26,32,34,41,43,53-60,62,64-70H,3-23,25,27-31,33,35-40,42,44-52H2,1-2H3,(H,63,71)/b26-24-,34-32-,43-41+. The topological polar surface area (TPSA) is 189 Å². The Morgan fingerprint density at radius 2 is 0.849 bits per heavy atom. The van der Waals surface area contributed by atoms with Gasteiger partial charge in [0.25, 0.3) is 0 Å². The lowest BCUT2D eigenvalue weighted by Gasteiger charge is -2.40. The summed E-state index contributed by atoms with van der Waals surface area (Å²) in [5.41, 5.74) is 0. The number of allylic oxidation sites excluding steroid dienone is 6. The van der Waals surface area contributed by atoms with Crippen molar-refractivity contribution in [1.82, 2.24) is 5.32 Å². The monoisotopic (exact) mass is 1040 g/mol. The second kappa shape index (κ2) is 51.1. The van der Waals surface area contributed by atoms with Gasteiger partial charge in [-0.2, -0.15) is 0 Å². The van der Waals surface area contributed by atoms with Crippen molar-refractivity contribution in [1.29, 1.82) is 0 Å². The van der Waals surface area contributed by atoms with Crippen LogP contribution in [0.4, 0.5) is 0 Å². The maximum absolute atomic E-state index is 13.2. The normalized spacial score (nSPS) is 20.2. The average molecular weight is 1040 g/mol. The third-order valence-electron chi connectivity index (χ3n) is 14.9. The van der Waals surface area contributed by atoms with Gasteiger partial charge in [-0.15, -0.1) is 0 Å². The second-order valence-corrected chi connectivity index (χ2v) is 21.8. The van der Waals surface area contributed by atoms with Gasteiger partial charge in [0, 0.05) is 0 Å². The molecule has 1 aliphatic rings. The SMILES string of the molecule is CCCCCCCCCCC/C=C\C/C=C\CCCCCCCCC(O)C(=O)NC(COC1OC(CO)C(O)C(O)C1O)C(O)C(O)CCC/C=C/CCCCCCCCCCCCCCCCCCCCC. The van der Waals surface area contributed by atoms with E-state index in [0.717, 1.165) is 64.2 Å². The molecule has 430 valence electrons. The van der Waals surface area contributed by atoms with Gasteiger partial charge in [0.05, 0.1) is 25.4 Å². The van der Waals surface area contributed by atoms with E-state index in [2.05, 4.69) is 55.6 Å². The zero-order valence-electron chi connectivity index (χ0n) is 47.1. The lowest BCUT2D eigenvalue weighted by atomic mass is 9.98. The first kappa shape index (κ1) is 69.3. The molecule has 1 amide bonds. The zero-order valence-corrected chi connectivity index (χ0v) is 47.1. The molecule has 0 spiro atoms. The minimum absolute atomic E-state index is 0.242. The Bertz CT molecular complexity index is 1280. The number of aliphatic hydroxyl groups is 7. The number of unbranched alkanes of at least 4 members (excludes halogenated alkanes) is 35. The van der Waals surface area contributed by atoms with Crippen molar-refractivity contribution in [3.63, 3.8) is 0 Å². The van der Waals surface area contributed by atoms with E-state index in [1.54, 1.807) is 0 Å². The molecule has 73 heavy (non-hydrogen) atoms. The highest BCUT2D eigenvalue weighted by atomic mass is 16.7. The van der Waals surface area contributed by atoms with Crippen molar-refractivity contribution < 1.29 is 50.0 Å². The third-order valence-corrected chi connectivity index (χ3v) is 14.9. The number of carbonyl (C=O) groups excluding carboxylic acids is 1. The van der Waals surface area contributed by atoms with Gasteiger partial charge < -0.3 is 50.5 Å². The molecule has 0 radical (unpaired) electrons. The lowest BCUT2D eigenvalue weighted by molar-refractivity contribution is -0.303. The number of hydrogen-bond donors (Lipinski definition) is 8. The summed E-state index contributed by atoms with van der Waals surface area (Å²) in [6, 6.07) is -1.19. The molecule has 8 N–H and O–H groups in total. The Balaban J connectivity index is 2.31. The van der Waals surface area contributed by atoms with Crippen LogP contribution >= 0.6 is 0 Å². The molecule has 0 aliphatic carbocycles. The maximum Gasteiger partial charge on any atom is 0.249 e. The van der Waals surface area contributed by atoms with Crippen molar-refractivity contribution in [3.05, 3.63) is 36.5 Å². The minimum atomic E-state index is -1.67. The number of carbonyl (C=O) groups is 1. The second-order valence-electron chi connectivity index (χ2n) is 21.8. The van der Waals surface area contributed by atoms with E-state index < -0.39 is 74.2 Å². The molecule has 1 rings (SSSR count). The number of ether oxygens (including phenoxy) is 2. The van der Waals surface area contributed by atoms with Crippen LogP contribution in [-0.2, 0) is 14.3 Å². The van der Waals surface area contributed by atoms with Crippen molar-refractivity contribution in [3.8, 4) is 0 Å². The first-order valence-corrected chi connectivity index (χ1v) is 30.9. The molecule has 1 heterocycles. The van der Waals surface area contributed by atoms with E-state index >= 15 is 0 Å². The smallest absolute Gasteiger partial charge is 0.249 e. The van der Waals surface area contributed by atoms with E-state index in [1.165, 1.54) is 180 Å². The molecule has 11 heteroatoms. The fraction of sp³-hybridized carbons (Fsp3) is 0.887. The highest BCUT2D eigenvalue weighted by Crippen LogP contribution is 2.23. The summed E-state index contributed by atoms with van der Waals surface area (Å²) in [5.74, 6) is -0.712.